The number of hydrogen-bond acceptors (Lipinski definition) is 6. The predicted molar refractivity (Wildman–Crippen MR) is 87.9 cm³/mol. The molecule has 1 N–H and O–H groups in total. The van der Waals surface area contributed by atoms with Crippen LogP contribution in [0.1, 0.15) is 10.4 Å². The van der Waals surface area contributed by atoms with Crippen molar-refractivity contribution in [2.24, 2.45) is 5.10 Å². The van der Waals surface area contributed by atoms with Crippen molar-refractivity contribution in [2.45, 2.75) is 6.42 Å². The van der Waals surface area contributed by atoms with Crippen molar-refractivity contribution in [3.63, 3.8) is 0 Å². The highest BCUT2D eigenvalue weighted by atomic mass is 32.1. The van der Waals surface area contributed by atoms with E-state index in [9.17, 15) is 4.79 Å². The molecule has 1 aromatic carbocycles. The number of nitriles is 1. The van der Waals surface area contributed by atoms with E-state index in [-0.39, 0.29) is 12.5 Å². The third-order valence-electron chi connectivity index (χ3n) is 2.80. The van der Waals surface area contributed by atoms with Crippen LogP contribution in [0.15, 0.2) is 40.8 Å². The zero-order valence-corrected chi connectivity index (χ0v) is 13.3. The van der Waals surface area contributed by atoms with E-state index in [1.807, 2.05) is 23.6 Å². The van der Waals surface area contributed by atoms with Crippen LogP contribution in [0.25, 0.3) is 0 Å². The molecule has 118 valence electrons. The minimum Gasteiger partial charge on any atom is -0.493 e. The van der Waals surface area contributed by atoms with E-state index in [1.54, 1.807) is 18.2 Å². The number of nitrogens with one attached hydrogen (secondary N) is 1. The van der Waals surface area contributed by atoms with E-state index >= 15 is 0 Å². The highest BCUT2D eigenvalue weighted by Gasteiger charge is 2.05. The van der Waals surface area contributed by atoms with E-state index < -0.39 is 0 Å². The molecule has 0 bridgehead atoms. The summed E-state index contributed by atoms with van der Waals surface area (Å²) in [4.78, 5) is 12.7. The largest absolute Gasteiger partial charge is 0.493 e. The zero-order chi connectivity index (χ0) is 16.5. The fourth-order valence-electron chi connectivity index (χ4n) is 1.78. The maximum Gasteiger partial charge on any atom is 0.245 e. The highest BCUT2D eigenvalue weighted by molar-refractivity contribution is 7.10. The number of benzene rings is 1. The normalized spacial score (nSPS) is 10.3. The van der Waals surface area contributed by atoms with E-state index in [0.717, 1.165) is 10.4 Å². The van der Waals surface area contributed by atoms with Crippen molar-refractivity contribution >= 4 is 23.5 Å². The van der Waals surface area contributed by atoms with Gasteiger partial charge in [-0.2, -0.15) is 10.4 Å². The highest BCUT2D eigenvalue weighted by Crippen LogP contribution is 2.27. The molecule has 2 aromatic rings. The van der Waals surface area contributed by atoms with E-state index in [0.29, 0.717) is 17.9 Å². The smallest absolute Gasteiger partial charge is 0.245 e. The van der Waals surface area contributed by atoms with Gasteiger partial charge in [-0.05, 0) is 35.2 Å². The monoisotopic (exact) mass is 329 g/mol. The van der Waals surface area contributed by atoms with Crippen LogP contribution >= 0.6 is 11.3 Å². The van der Waals surface area contributed by atoms with Crippen molar-refractivity contribution in [1.29, 1.82) is 5.26 Å². The lowest BCUT2D eigenvalue weighted by Crippen LogP contribution is -2.19. The van der Waals surface area contributed by atoms with E-state index in [4.69, 9.17) is 14.7 Å². The molecule has 0 aliphatic heterocycles. The molecule has 1 heterocycles. The predicted octanol–water partition coefficient (Wildman–Crippen LogP) is 2.35. The summed E-state index contributed by atoms with van der Waals surface area (Å²) in [5.74, 6) is 0.798. The fraction of sp³-hybridized carbons (Fsp3) is 0.188. The molecule has 1 aromatic heterocycles. The molecule has 0 spiro atoms. The Hall–Kier alpha value is -2.85. The Morgan fingerprint density at radius 1 is 1.43 bits per heavy atom. The molecular formula is C16H15N3O3S. The van der Waals surface area contributed by atoms with Crippen molar-refractivity contribution in [1.82, 2.24) is 5.43 Å². The Bertz CT molecular complexity index is 721. The molecule has 7 heteroatoms. The average molecular weight is 329 g/mol. The maximum absolute atomic E-state index is 11.7. The zero-order valence-electron chi connectivity index (χ0n) is 12.5. The average Bonchev–Trinajstić information content (AvgIpc) is 3.06. The first-order chi connectivity index (χ1) is 11.2. The molecule has 0 unspecified atom stereocenters. The molecular weight excluding hydrogens is 314 g/mol. The minimum atomic E-state index is -0.176. The Morgan fingerprint density at radius 2 is 2.30 bits per heavy atom. The first kappa shape index (κ1) is 16.5. The second kappa shape index (κ2) is 8.56. The summed E-state index contributed by atoms with van der Waals surface area (Å²) in [5, 5.41) is 14.4. The molecule has 0 atom stereocenters. The van der Waals surface area contributed by atoms with Gasteiger partial charge in [-0.1, -0.05) is 6.07 Å². The molecule has 0 fully saturated rings. The standard InChI is InChI=1S/C16H15N3O3S/c1-21-15-9-12(4-5-14(15)22-7-6-17)11-18-19-16(20)10-13-3-2-8-23-13/h2-5,8-9,11H,7,10H2,1H3,(H,19,20)/b18-11+. The van der Waals surface area contributed by atoms with Gasteiger partial charge in [0.1, 0.15) is 6.07 Å². The molecule has 23 heavy (non-hydrogen) atoms. The molecule has 1 amide bonds. The van der Waals surface area contributed by atoms with Gasteiger partial charge in [0.05, 0.1) is 19.7 Å². The lowest BCUT2D eigenvalue weighted by atomic mass is 10.2. The number of carbonyl (C=O) groups is 1. The topological polar surface area (TPSA) is 83.7 Å². The maximum atomic E-state index is 11.7. The van der Waals surface area contributed by atoms with Gasteiger partial charge >= 0.3 is 0 Å². The Morgan fingerprint density at radius 3 is 3.00 bits per heavy atom. The Balaban J connectivity index is 1.94. The Kier molecular flexibility index (Phi) is 6.15. The number of thiophene rings is 1. The molecule has 0 saturated carbocycles. The van der Waals surface area contributed by atoms with E-state index in [1.165, 1.54) is 24.7 Å². The van der Waals surface area contributed by atoms with Crippen LogP contribution in [-0.4, -0.2) is 25.8 Å². The van der Waals surface area contributed by atoms with Gasteiger partial charge in [0.15, 0.2) is 18.1 Å². The van der Waals surface area contributed by atoms with Gasteiger partial charge in [-0.15, -0.1) is 11.3 Å². The summed E-state index contributed by atoms with van der Waals surface area (Å²) in [7, 11) is 1.51. The minimum absolute atomic E-state index is 0.0530. The fourth-order valence-corrected chi connectivity index (χ4v) is 2.49. The molecule has 6 nitrogen and oxygen atoms in total. The SMILES string of the molecule is COc1cc(/C=N/NC(=O)Cc2cccs2)ccc1OCC#N. The van der Waals surface area contributed by atoms with Crippen LogP contribution in [0.3, 0.4) is 0 Å². The van der Waals surface area contributed by atoms with Crippen LogP contribution in [0, 0.1) is 11.3 Å². The quantitative estimate of drug-likeness (QED) is 0.624. The van der Waals surface area contributed by atoms with Gasteiger partial charge in [0, 0.05) is 4.88 Å². The first-order valence-corrected chi connectivity index (χ1v) is 7.63. The number of amides is 1. The summed E-state index contributed by atoms with van der Waals surface area (Å²) in [5.41, 5.74) is 3.22. The molecule has 0 aliphatic rings. The number of hydrazone groups is 1. The summed E-state index contributed by atoms with van der Waals surface area (Å²) >= 11 is 1.53. The summed E-state index contributed by atoms with van der Waals surface area (Å²) in [6.45, 7) is -0.0530. The lowest BCUT2D eigenvalue weighted by Gasteiger charge is -2.08. The van der Waals surface area contributed by atoms with Crippen molar-refractivity contribution < 1.29 is 14.3 Å². The molecule has 0 radical (unpaired) electrons. The van der Waals surface area contributed by atoms with Gasteiger partial charge in [0.2, 0.25) is 5.91 Å². The number of carbonyl (C=O) groups excluding carboxylic acids is 1. The first-order valence-electron chi connectivity index (χ1n) is 6.75. The lowest BCUT2D eigenvalue weighted by molar-refractivity contribution is -0.120. The second-order valence-electron chi connectivity index (χ2n) is 4.41. The second-order valence-corrected chi connectivity index (χ2v) is 5.44. The number of methoxy groups -OCH3 is 1. The van der Waals surface area contributed by atoms with Gasteiger partial charge < -0.3 is 9.47 Å². The van der Waals surface area contributed by atoms with Crippen molar-refractivity contribution in [3.8, 4) is 17.6 Å². The van der Waals surface area contributed by atoms with Crippen LogP contribution in [-0.2, 0) is 11.2 Å². The van der Waals surface area contributed by atoms with Crippen LogP contribution < -0.4 is 14.9 Å². The summed E-state index contributed by atoms with van der Waals surface area (Å²) < 4.78 is 10.4. The number of nitrogens with zero attached hydrogens (tertiary/aromatic N) is 2. The molecule has 0 aliphatic carbocycles. The van der Waals surface area contributed by atoms with Gasteiger partial charge in [-0.25, -0.2) is 5.43 Å². The molecule has 0 saturated heterocycles. The summed E-state index contributed by atoms with van der Waals surface area (Å²) in [6, 6.07) is 10.8. The number of rotatable bonds is 7. The van der Waals surface area contributed by atoms with E-state index in [2.05, 4.69) is 10.5 Å². The van der Waals surface area contributed by atoms with Crippen LogP contribution in [0.2, 0.25) is 0 Å². The number of ether oxygens (including phenoxy) is 2. The van der Waals surface area contributed by atoms with Crippen LogP contribution in [0.5, 0.6) is 11.5 Å². The number of hydrogen-bond donors (Lipinski definition) is 1. The van der Waals surface area contributed by atoms with Crippen molar-refractivity contribution in [3.05, 3.63) is 46.2 Å². The molecule has 2 rings (SSSR count). The Labute approximate surface area is 138 Å². The third kappa shape index (κ3) is 5.13. The summed E-state index contributed by atoms with van der Waals surface area (Å²) in [6.07, 6.45) is 1.82. The van der Waals surface area contributed by atoms with Gasteiger partial charge in [0.25, 0.3) is 0 Å². The third-order valence-corrected chi connectivity index (χ3v) is 3.67. The van der Waals surface area contributed by atoms with Crippen LogP contribution in [0.4, 0.5) is 0 Å². The van der Waals surface area contributed by atoms with Gasteiger partial charge in [-0.3, -0.25) is 4.79 Å². The van der Waals surface area contributed by atoms with Crippen molar-refractivity contribution in [2.75, 3.05) is 13.7 Å².